The molecule has 0 aliphatic carbocycles. The molecule has 2 unspecified atom stereocenters. The van der Waals surface area contributed by atoms with Gasteiger partial charge in [0.25, 0.3) is 0 Å². The molecule has 1 aromatic rings. The number of nitrogens with two attached hydrogens (primary N) is 1. The summed E-state index contributed by atoms with van der Waals surface area (Å²) in [7, 11) is 0. The average molecular weight is 248 g/mol. The van der Waals surface area contributed by atoms with Crippen LogP contribution in [0.1, 0.15) is 25.3 Å². The Hall–Kier alpha value is -1.55. The van der Waals surface area contributed by atoms with E-state index in [9.17, 15) is 9.90 Å². The molecule has 0 bridgehead atoms. The molecule has 4 nitrogen and oxygen atoms in total. The predicted octanol–water partition coefficient (Wildman–Crippen LogP) is 1.78. The van der Waals surface area contributed by atoms with Gasteiger partial charge in [-0.2, -0.15) is 0 Å². The van der Waals surface area contributed by atoms with Crippen molar-refractivity contribution in [3.8, 4) is 0 Å². The number of hydrogen-bond acceptors (Lipinski definition) is 3. The van der Waals surface area contributed by atoms with E-state index in [0.717, 1.165) is 12.1 Å². The molecule has 0 aromatic heterocycles. The molecular weight excluding hydrogens is 228 g/mol. The minimum Gasteiger partial charge on any atom is -0.481 e. The number of carbonyl (C=O) groups is 1. The SMILES string of the molecule is CC(C)N1CC(C(=O)O)C(c2ccc(N)cc2)C1. The van der Waals surface area contributed by atoms with E-state index < -0.39 is 5.97 Å². The van der Waals surface area contributed by atoms with Crippen LogP contribution in [0.5, 0.6) is 0 Å². The molecular formula is C14H20N2O2. The summed E-state index contributed by atoms with van der Waals surface area (Å²) in [6.45, 7) is 5.63. The summed E-state index contributed by atoms with van der Waals surface area (Å²) in [4.78, 5) is 13.6. The molecule has 3 N–H and O–H groups in total. The third kappa shape index (κ3) is 2.48. The van der Waals surface area contributed by atoms with Crippen molar-refractivity contribution in [1.29, 1.82) is 0 Å². The molecule has 0 radical (unpaired) electrons. The largest absolute Gasteiger partial charge is 0.481 e. The predicted molar refractivity (Wildman–Crippen MR) is 71.4 cm³/mol. The van der Waals surface area contributed by atoms with Crippen molar-refractivity contribution in [1.82, 2.24) is 4.90 Å². The monoisotopic (exact) mass is 248 g/mol. The Balaban J connectivity index is 2.24. The van der Waals surface area contributed by atoms with Crippen LogP contribution in [0.15, 0.2) is 24.3 Å². The molecule has 4 heteroatoms. The van der Waals surface area contributed by atoms with Gasteiger partial charge in [0.1, 0.15) is 0 Å². The van der Waals surface area contributed by atoms with Crippen LogP contribution in [0, 0.1) is 5.92 Å². The van der Waals surface area contributed by atoms with Crippen LogP contribution in [-0.2, 0) is 4.79 Å². The summed E-state index contributed by atoms with van der Waals surface area (Å²) in [5.74, 6) is -0.971. The Morgan fingerprint density at radius 2 is 1.94 bits per heavy atom. The van der Waals surface area contributed by atoms with Gasteiger partial charge in [0.15, 0.2) is 0 Å². The fourth-order valence-corrected chi connectivity index (χ4v) is 2.59. The first-order valence-corrected chi connectivity index (χ1v) is 6.31. The second kappa shape index (κ2) is 4.98. The fourth-order valence-electron chi connectivity index (χ4n) is 2.59. The van der Waals surface area contributed by atoms with E-state index in [4.69, 9.17) is 5.73 Å². The van der Waals surface area contributed by atoms with Crippen LogP contribution in [-0.4, -0.2) is 35.1 Å². The van der Waals surface area contributed by atoms with Gasteiger partial charge in [0.2, 0.25) is 0 Å². The lowest BCUT2D eigenvalue weighted by Gasteiger charge is -2.20. The van der Waals surface area contributed by atoms with E-state index >= 15 is 0 Å². The maximum absolute atomic E-state index is 11.4. The molecule has 2 atom stereocenters. The molecule has 0 amide bonds. The first-order valence-electron chi connectivity index (χ1n) is 6.31. The first-order chi connectivity index (χ1) is 8.49. The van der Waals surface area contributed by atoms with E-state index in [-0.39, 0.29) is 11.8 Å². The summed E-state index contributed by atoms with van der Waals surface area (Å²) >= 11 is 0. The molecule has 1 aromatic carbocycles. The van der Waals surface area contributed by atoms with Gasteiger partial charge in [-0.3, -0.25) is 9.69 Å². The Labute approximate surface area is 107 Å². The van der Waals surface area contributed by atoms with Crippen molar-refractivity contribution in [3.05, 3.63) is 29.8 Å². The number of likely N-dealkylation sites (tertiary alicyclic amines) is 1. The summed E-state index contributed by atoms with van der Waals surface area (Å²) in [5.41, 5.74) is 7.45. The summed E-state index contributed by atoms with van der Waals surface area (Å²) in [6, 6.07) is 7.95. The normalized spacial score (nSPS) is 24.6. The molecule has 2 rings (SSSR count). The molecule has 0 saturated carbocycles. The van der Waals surface area contributed by atoms with Gasteiger partial charge in [-0.15, -0.1) is 0 Å². The highest BCUT2D eigenvalue weighted by Gasteiger charge is 2.39. The first kappa shape index (κ1) is 12.9. The number of nitrogens with zero attached hydrogens (tertiary/aromatic N) is 1. The Morgan fingerprint density at radius 3 is 2.44 bits per heavy atom. The van der Waals surface area contributed by atoms with E-state index in [1.807, 2.05) is 24.3 Å². The highest BCUT2D eigenvalue weighted by Crippen LogP contribution is 2.34. The van der Waals surface area contributed by atoms with Crippen LogP contribution in [0.25, 0.3) is 0 Å². The molecule has 1 aliphatic rings. The number of rotatable bonds is 3. The van der Waals surface area contributed by atoms with Gasteiger partial charge in [-0.1, -0.05) is 12.1 Å². The minimum atomic E-state index is -0.708. The van der Waals surface area contributed by atoms with Crippen molar-refractivity contribution in [3.63, 3.8) is 0 Å². The Morgan fingerprint density at radius 1 is 1.33 bits per heavy atom. The third-order valence-electron chi connectivity index (χ3n) is 3.76. The van der Waals surface area contributed by atoms with Crippen molar-refractivity contribution >= 4 is 11.7 Å². The average Bonchev–Trinajstić information content (AvgIpc) is 2.75. The fraction of sp³-hybridized carbons (Fsp3) is 0.500. The zero-order chi connectivity index (χ0) is 13.3. The Bertz CT molecular complexity index is 428. The standard InChI is InChI=1S/C14H20N2O2/c1-9(2)16-7-12(13(8-16)14(17)18)10-3-5-11(15)6-4-10/h3-6,9,12-13H,7-8,15H2,1-2H3,(H,17,18). The number of carboxylic acid groups (broad SMARTS) is 1. The van der Waals surface area contributed by atoms with Crippen molar-refractivity contribution in [2.24, 2.45) is 5.92 Å². The van der Waals surface area contributed by atoms with Gasteiger partial charge in [-0.25, -0.2) is 0 Å². The number of benzene rings is 1. The molecule has 98 valence electrons. The summed E-state index contributed by atoms with van der Waals surface area (Å²) in [6.07, 6.45) is 0. The second-order valence-electron chi connectivity index (χ2n) is 5.27. The lowest BCUT2D eigenvalue weighted by atomic mass is 9.89. The van der Waals surface area contributed by atoms with Crippen LogP contribution < -0.4 is 5.73 Å². The van der Waals surface area contributed by atoms with Gasteiger partial charge in [-0.05, 0) is 31.5 Å². The number of carboxylic acids is 1. The Kier molecular flexibility index (Phi) is 3.57. The minimum absolute atomic E-state index is 0.0606. The van der Waals surface area contributed by atoms with Gasteiger partial charge >= 0.3 is 5.97 Å². The van der Waals surface area contributed by atoms with E-state index in [1.165, 1.54) is 0 Å². The van der Waals surface area contributed by atoms with Gasteiger partial charge in [0, 0.05) is 30.7 Å². The van der Waals surface area contributed by atoms with Gasteiger partial charge in [0.05, 0.1) is 5.92 Å². The number of anilines is 1. The van der Waals surface area contributed by atoms with E-state index in [2.05, 4.69) is 18.7 Å². The number of hydrogen-bond donors (Lipinski definition) is 2. The van der Waals surface area contributed by atoms with Crippen LogP contribution in [0.4, 0.5) is 5.69 Å². The quantitative estimate of drug-likeness (QED) is 0.800. The van der Waals surface area contributed by atoms with Crippen LogP contribution >= 0.6 is 0 Å². The van der Waals surface area contributed by atoms with Crippen LogP contribution in [0.2, 0.25) is 0 Å². The molecule has 1 heterocycles. The van der Waals surface area contributed by atoms with Crippen molar-refractivity contribution in [2.75, 3.05) is 18.8 Å². The number of nitrogen functional groups attached to an aromatic ring is 1. The lowest BCUT2D eigenvalue weighted by Crippen LogP contribution is -2.29. The topological polar surface area (TPSA) is 66.6 Å². The van der Waals surface area contributed by atoms with Crippen LogP contribution in [0.3, 0.4) is 0 Å². The second-order valence-corrected chi connectivity index (χ2v) is 5.27. The van der Waals surface area contributed by atoms with E-state index in [0.29, 0.717) is 18.3 Å². The molecule has 18 heavy (non-hydrogen) atoms. The number of aliphatic carboxylic acids is 1. The summed E-state index contributed by atoms with van der Waals surface area (Å²) in [5, 5.41) is 9.35. The summed E-state index contributed by atoms with van der Waals surface area (Å²) < 4.78 is 0. The highest BCUT2D eigenvalue weighted by atomic mass is 16.4. The highest BCUT2D eigenvalue weighted by molar-refractivity contribution is 5.72. The van der Waals surface area contributed by atoms with E-state index in [1.54, 1.807) is 0 Å². The zero-order valence-electron chi connectivity index (χ0n) is 10.8. The van der Waals surface area contributed by atoms with Crippen molar-refractivity contribution < 1.29 is 9.90 Å². The lowest BCUT2D eigenvalue weighted by molar-refractivity contribution is -0.141. The molecule has 0 spiro atoms. The molecule has 1 saturated heterocycles. The maximum atomic E-state index is 11.4. The smallest absolute Gasteiger partial charge is 0.308 e. The molecule has 1 fully saturated rings. The zero-order valence-corrected chi connectivity index (χ0v) is 10.8. The maximum Gasteiger partial charge on any atom is 0.308 e. The third-order valence-corrected chi connectivity index (χ3v) is 3.76. The molecule has 1 aliphatic heterocycles. The van der Waals surface area contributed by atoms with Gasteiger partial charge < -0.3 is 10.8 Å². The van der Waals surface area contributed by atoms with Crippen molar-refractivity contribution in [2.45, 2.75) is 25.8 Å².